The first-order chi connectivity index (χ1) is 7.34. The summed E-state index contributed by atoms with van der Waals surface area (Å²) in [7, 11) is 0. The Morgan fingerprint density at radius 2 is 1.33 bits per heavy atom. The lowest BCUT2D eigenvalue weighted by atomic mass is 10.0. The minimum atomic E-state index is 0.0956. The largest absolute Gasteiger partial charge is 0.289 e. The highest BCUT2D eigenvalue weighted by Gasteiger charge is 2.02. The summed E-state index contributed by atoms with van der Waals surface area (Å²) in [6.07, 6.45) is 0. The maximum Gasteiger partial charge on any atom is 0.186 e. The van der Waals surface area contributed by atoms with Crippen molar-refractivity contribution in [1.29, 1.82) is 0 Å². The van der Waals surface area contributed by atoms with Crippen molar-refractivity contribution in [1.82, 2.24) is 0 Å². The summed E-state index contributed by atoms with van der Waals surface area (Å²) in [6, 6.07) is 17.5. The second-order valence-corrected chi connectivity index (χ2v) is 3.68. The zero-order valence-corrected chi connectivity index (χ0v) is 8.10. The summed E-state index contributed by atoms with van der Waals surface area (Å²) >= 11 is 0. The van der Waals surface area contributed by atoms with Crippen LogP contribution in [0.1, 0.15) is 0 Å². The maximum absolute atomic E-state index is 11.6. The predicted octanol–water partition coefficient (Wildman–Crippen LogP) is 4.14. The Morgan fingerprint density at radius 1 is 0.667 bits per heavy atom. The van der Waals surface area contributed by atoms with Crippen molar-refractivity contribution in [3.05, 3.63) is 54.6 Å². The van der Waals surface area contributed by atoms with Gasteiger partial charge in [-0.25, -0.2) is 0 Å². The first-order valence-electron chi connectivity index (χ1n) is 4.93. The molecule has 3 aromatic carbocycles. The summed E-state index contributed by atoms with van der Waals surface area (Å²) in [6.45, 7) is 0. The lowest BCUT2D eigenvalue weighted by molar-refractivity contribution is 0.360. The molecule has 71 valence electrons. The van der Waals surface area contributed by atoms with E-state index in [9.17, 15) is 5.11 Å². The van der Waals surface area contributed by atoms with E-state index in [1.54, 1.807) is 12.1 Å². The van der Waals surface area contributed by atoms with Crippen LogP contribution in [0.5, 0.6) is 5.75 Å². The Kier molecular flexibility index (Phi) is 1.65. The van der Waals surface area contributed by atoms with E-state index in [0.717, 1.165) is 16.2 Å². The minimum absolute atomic E-state index is 0.0956. The molecule has 15 heavy (non-hydrogen) atoms. The molecule has 0 saturated carbocycles. The monoisotopic (exact) mass is 193 g/mol. The highest BCUT2D eigenvalue weighted by Crippen LogP contribution is 2.29. The van der Waals surface area contributed by atoms with Crippen molar-refractivity contribution in [2.75, 3.05) is 0 Å². The van der Waals surface area contributed by atoms with E-state index in [0.29, 0.717) is 0 Å². The first kappa shape index (κ1) is 8.30. The molecule has 1 radical (unpaired) electrons. The molecule has 0 aliphatic heterocycles. The fourth-order valence-electron chi connectivity index (χ4n) is 1.94. The van der Waals surface area contributed by atoms with Crippen LogP contribution in [0.2, 0.25) is 0 Å². The van der Waals surface area contributed by atoms with E-state index in [1.165, 1.54) is 5.39 Å². The molecule has 3 rings (SSSR count). The van der Waals surface area contributed by atoms with Crippen LogP contribution in [0.4, 0.5) is 0 Å². The van der Waals surface area contributed by atoms with Gasteiger partial charge >= 0.3 is 0 Å². The lowest BCUT2D eigenvalue weighted by Gasteiger charge is -2.02. The summed E-state index contributed by atoms with van der Waals surface area (Å²) in [5.41, 5.74) is 0. The van der Waals surface area contributed by atoms with Crippen LogP contribution >= 0.6 is 0 Å². The standard InChI is InChI=1S/C14H9O/c15-14-7-3-6-12-8-10-4-1-2-5-11(10)9-13(12)14/h1-9H. The van der Waals surface area contributed by atoms with Gasteiger partial charge < -0.3 is 0 Å². The Balaban J connectivity index is 2.53. The van der Waals surface area contributed by atoms with Crippen molar-refractivity contribution in [3.8, 4) is 5.75 Å². The molecular formula is C14H9O. The molecular weight excluding hydrogens is 184 g/mol. The maximum atomic E-state index is 11.6. The van der Waals surface area contributed by atoms with Gasteiger partial charge in [-0.15, -0.1) is 0 Å². The molecule has 0 bridgehead atoms. The Hall–Kier alpha value is -2.02. The van der Waals surface area contributed by atoms with E-state index >= 15 is 0 Å². The van der Waals surface area contributed by atoms with Gasteiger partial charge in [0.2, 0.25) is 0 Å². The molecule has 0 fully saturated rings. The topological polar surface area (TPSA) is 19.9 Å². The van der Waals surface area contributed by atoms with E-state index in [-0.39, 0.29) is 5.75 Å². The van der Waals surface area contributed by atoms with Gasteiger partial charge in [-0.1, -0.05) is 36.4 Å². The molecule has 0 unspecified atom stereocenters. The van der Waals surface area contributed by atoms with Crippen LogP contribution in [-0.2, 0) is 5.11 Å². The number of rotatable bonds is 0. The van der Waals surface area contributed by atoms with Gasteiger partial charge in [0.05, 0.1) is 0 Å². The van der Waals surface area contributed by atoms with Crippen LogP contribution in [0.25, 0.3) is 21.5 Å². The van der Waals surface area contributed by atoms with Crippen LogP contribution in [-0.4, -0.2) is 0 Å². The minimum Gasteiger partial charge on any atom is -0.289 e. The van der Waals surface area contributed by atoms with Gasteiger partial charge in [-0.3, -0.25) is 5.11 Å². The van der Waals surface area contributed by atoms with Crippen LogP contribution in [0.15, 0.2) is 54.6 Å². The Labute approximate surface area is 87.6 Å². The predicted molar refractivity (Wildman–Crippen MR) is 61.6 cm³/mol. The third-order valence-corrected chi connectivity index (χ3v) is 2.71. The average molecular weight is 193 g/mol. The molecule has 0 saturated heterocycles. The van der Waals surface area contributed by atoms with E-state index < -0.39 is 0 Å². The Morgan fingerprint density at radius 3 is 2.13 bits per heavy atom. The molecule has 1 heteroatoms. The normalized spacial score (nSPS) is 10.9. The third-order valence-electron chi connectivity index (χ3n) is 2.71. The van der Waals surface area contributed by atoms with Crippen molar-refractivity contribution >= 4 is 21.5 Å². The quantitative estimate of drug-likeness (QED) is 0.478. The fraction of sp³-hybridized carbons (Fsp3) is 0. The Bertz CT molecular complexity index is 641. The van der Waals surface area contributed by atoms with Crippen LogP contribution < -0.4 is 0 Å². The van der Waals surface area contributed by atoms with Gasteiger partial charge in [-0.05, 0) is 34.4 Å². The van der Waals surface area contributed by atoms with E-state index in [4.69, 9.17) is 0 Å². The molecule has 0 atom stereocenters. The zero-order chi connectivity index (χ0) is 10.3. The molecule has 0 spiro atoms. The van der Waals surface area contributed by atoms with Crippen molar-refractivity contribution in [2.24, 2.45) is 0 Å². The third kappa shape index (κ3) is 1.24. The van der Waals surface area contributed by atoms with Gasteiger partial charge in [0.25, 0.3) is 0 Å². The fourth-order valence-corrected chi connectivity index (χ4v) is 1.94. The highest BCUT2D eigenvalue weighted by atomic mass is 16.3. The second-order valence-electron chi connectivity index (χ2n) is 3.68. The van der Waals surface area contributed by atoms with Crippen LogP contribution in [0, 0.1) is 0 Å². The molecule has 3 aromatic rings. The summed E-state index contributed by atoms with van der Waals surface area (Å²) in [5.74, 6) is 0.0956. The summed E-state index contributed by atoms with van der Waals surface area (Å²) in [4.78, 5) is 0. The number of fused-ring (bicyclic) bond motifs is 2. The number of benzene rings is 3. The highest BCUT2D eigenvalue weighted by molar-refractivity contribution is 6.00. The molecule has 0 aromatic heterocycles. The molecule has 0 N–H and O–H groups in total. The molecule has 1 nitrogen and oxygen atoms in total. The zero-order valence-electron chi connectivity index (χ0n) is 8.10. The molecule has 0 aliphatic carbocycles. The van der Waals surface area contributed by atoms with Crippen LogP contribution in [0.3, 0.4) is 0 Å². The first-order valence-corrected chi connectivity index (χ1v) is 4.93. The van der Waals surface area contributed by atoms with Gasteiger partial charge in [0.15, 0.2) is 5.75 Å². The van der Waals surface area contributed by atoms with E-state index in [1.807, 2.05) is 30.3 Å². The summed E-state index contributed by atoms with van der Waals surface area (Å²) < 4.78 is 0. The lowest BCUT2D eigenvalue weighted by Crippen LogP contribution is -1.75. The van der Waals surface area contributed by atoms with Gasteiger partial charge in [0, 0.05) is 5.39 Å². The number of hydrogen-bond acceptors (Lipinski definition) is 0. The smallest absolute Gasteiger partial charge is 0.186 e. The van der Waals surface area contributed by atoms with Crippen molar-refractivity contribution in [2.45, 2.75) is 0 Å². The average Bonchev–Trinajstić information content (AvgIpc) is 2.27. The molecule has 0 heterocycles. The van der Waals surface area contributed by atoms with Gasteiger partial charge in [-0.2, -0.15) is 0 Å². The van der Waals surface area contributed by atoms with Gasteiger partial charge in [0.1, 0.15) is 0 Å². The van der Waals surface area contributed by atoms with Crippen molar-refractivity contribution < 1.29 is 5.11 Å². The summed E-state index contributed by atoms with van der Waals surface area (Å²) in [5, 5.41) is 15.7. The molecule has 0 aliphatic rings. The van der Waals surface area contributed by atoms with E-state index in [2.05, 4.69) is 12.1 Å². The second kappa shape index (κ2) is 2.99. The van der Waals surface area contributed by atoms with Crippen molar-refractivity contribution in [3.63, 3.8) is 0 Å². The SMILES string of the molecule is [O]c1cccc2cc3ccccc3cc12. The molecule has 0 amide bonds. The number of hydrogen-bond donors (Lipinski definition) is 0.